The molecule has 3 aliphatic rings. The summed E-state index contributed by atoms with van der Waals surface area (Å²) < 4.78 is 72.4. The second-order valence-electron chi connectivity index (χ2n) is 8.71. The smallest absolute Gasteiger partial charge is 0.433 e. The molecule has 1 N–H and O–H groups in total. The van der Waals surface area contributed by atoms with Crippen LogP contribution >= 0.6 is 0 Å². The van der Waals surface area contributed by atoms with E-state index in [4.69, 9.17) is 4.74 Å². The Morgan fingerprint density at radius 2 is 1.94 bits per heavy atom. The van der Waals surface area contributed by atoms with E-state index in [9.17, 15) is 26.7 Å². The van der Waals surface area contributed by atoms with Gasteiger partial charge >= 0.3 is 6.18 Å². The number of ether oxygens (including phenoxy) is 1. The van der Waals surface area contributed by atoms with Gasteiger partial charge in [0.2, 0.25) is 6.43 Å². The molecule has 0 saturated heterocycles. The van der Waals surface area contributed by atoms with Crippen LogP contribution in [0.25, 0.3) is 5.65 Å². The molecule has 0 aromatic carbocycles. The van der Waals surface area contributed by atoms with E-state index in [0.29, 0.717) is 30.6 Å². The van der Waals surface area contributed by atoms with Crippen LogP contribution in [-0.2, 0) is 11.6 Å². The third-order valence-corrected chi connectivity index (χ3v) is 6.45. The first kappa shape index (κ1) is 21.6. The first-order chi connectivity index (χ1) is 15.6. The first-order valence-corrected chi connectivity index (χ1v) is 10.4. The van der Waals surface area contributed by atoms with Crippen LogP contribution in [0.15, 0.2) is 36.7 Å². The van der Waals surface area contributed by atoms with Gasteiger partial charge in [-0.1, -0.05) is 6.07 Å². The summed E-state index contributed by atoms with van der Waals surface area (Å²) in [6, 6.07) is 4.66. The van der Waals surface area contributed by atoms with Crippen LogP contribution in [0.2, 0.25) is 0 Å². The van der Waals surface area contributed by atoms with Crippen molar-refractivity contribution in [2.75, 3.05) is 11.9 Å². The van der Waals surface area contributed by atoms with Gasteiger partial charge in [-0.15, -0.1) is 0 Å². The Kier molecular flexibility index (Phi) is 4.67. The highest BCUT2D eigenvalue weighted by atomic mass is 19.4. The predicted octanol–water partition coefficient (Wildman–Crippen LogP) is 5.09. The average Bonchev–Trinajstić information content (AvgIpc) is 3.07. The molecule has 3 saturated carbocycles. The molecule has 2 bridgehead atoms. The maximum atomic E-state index is 13.2. The molecule has 0 unspecified atom stereocenters. The highest BCUT2D eigenvalue weighted by molar-refractivity contribution is 6.03. The molecule has 3 fully saturated rings. The van der Waals surface area contributed by atoms with Crippen molar-refractivity contribution in [3.63, 3.8) is 0 Å². The topological polar surface area (TPSA) is 68.5 Å². The highest BCUT2D eigenvalue weighted by Crippen LogP contribution is 2.75. The van der Waals surface area contributed by atoms with Gasteiger partial charge in [0.15, 0.2) is 0 Å². The summed E-state index contributed by atoms with van der Waals surface area (Å²) in [6.07, 6.45) is -2.56. The number of alkyl halides is 5. The molecule has 11 heteroatoms. The number of rotatable bonds is 6. The van der Waals surface area contributed by atoms with Crippen LogP contribution in [-0.4, -0.2) is 33.3 Å². The number of carbonyl (C=O) groups is 1. The maximum Gasteiger partial charge on any atom is 0.433 e. The number of halogens is 5. The molecular weight excluding hydrogens is 447 g/mol. The summed E-state index contributed by atoms with van der Waals surface area (Å²) in [6.45, 7) is 2.02. The number of hydrogen-bond donors (Lipinski definition) is 1. The zero-order chi connectivity index (χ0) is 23.6. The van der Waals surface area contributed by atoms with Crippen molar-refractivity contribution in [3.8, 4) is 5.75 Å². The predicted molar refractivity (Wildman–Crippen MR) is 108 cm³/mol. The summed E-state index contributed by atoms with van der Waals surface area (Å²) in [5, 5.41) is 2.55. The normalized spacial score (nSPS) is 23.8. The Morgan fingerprint density at radius 1 is 1.21 bits per heavy atom. The van der Waals surface area contributed by atoms with Crippen LogP contribution in [0.4, 0.5) is 27.6 Å². The molecule has 3 aromatic heterocycles. The van der Waals surface area contributed by atoms with E-state index >= 15 is 0 Å². The quantitative estimate of drug-likeness (QED) is 0.514. The molecule has 3 aliphatic carbocycles. The van der Waals surface area contributed by atoms with Crippen molar-refractivity contribution < 1.29 is 31.5 Å². The van der Waals surface area contributed by atoms with Gasteiger partial charge in [0.05, 0.1) is 12.3 Å². The number of nitrogens with zero attached hydrogens (tertiary/aromatic N) is 3. The second kappa shape index (κ2) is 7.13. The number of fused-ring (bicyclic) bond motifs is 1. The van der Waals surface area contributed by atoms with E-state index in [-0.39, 0.29) is 23.5 Å². The molecule has 3 heterocycles. The molecule has 3 aromatic rings. The van der Waals surface area contributed by atoms with Crippen molar-refractivity contribution in [3.05, 3.63) is 53.7 Å². The zero-order valence-electron chi connectivity index (χ0n) is 17.4. The molecule has 1 amide bonds. The molecule has 6 rings (SSSR count). The Balaban J connectivity index is 1.43. The van der Waals surface area contributed by atoms with Gasteiger partial charge in [-0.3, -0.25) is 4.79 Å². The monoisotopic (exact) mass is 466 g/mol. The summed E-state index contributed by atoms with van der Waals surface area (Å²) >= 11 is 0. The number of imidazole rings is 1. The molecule has 33 heavy (non-hydrogen) atoms. The van der Waals surface area contributed by atoms with Gasteiger partial charge in [-0.05, 0) is 38.3 Å². The summed E-state index contributed by atoms with van der Waals surface area (Å²) in [7, 11) is 0. The molecule has 0 atom stereocenters. The zero-order valence-corrected chi connectivity index (χ0v) is 17.4. The van der Waals surface area contributed by atoms with Gasteiger partial charge in [-0.2, -0.15) is 13.2 Å². The lowest BCUT2D eigenvalue weighted by Gasteiger charge is -2.69. The van der Waals surface area contributed by atoms with Gasteiger partial charge in [0.25, 0.3) is 5.91 Å². The Labute approximate surface area is 184 Å². The van der Waals surface area contributed by atoms with Crippen molar-refractivity contribution in [1.29, 1.82) is 0 Å². The molecule has 0 radical (unpaired) electrons. The van der Waals surface area contributed by atoms with Crippen LogP contribution < -0.4 is 10.1 Å². The average molecular weight is 466 g/mol. The fraction of sp³-hybridized carbons (Fsp3) is 0.409. The van der Waals surface area contributed by atoms with Gasteiger partial charge in [-0.25, -0.2) is 18.7 Å². The van der Waals surface area contributed by atoms with E-state index in [1.54, 1.807) is 23.6 Å². The van der Waals surface area contributed by atoms with E-state index in [1.807, 2.05) is 0 Å². The molecule has 6 nitrogen and oxygen atoms in total. The maximum absolute atomic E-state index is 13.2. The van der Waals surface area contributed by atoms with Gasteiger partial charge < -0.3 is 14.5 Å². The van der Waals surface area contributed by atoms with Crippen LogP contribution in [0.1, 0.15) is 48.1 Å². The van der Waals surface area contributed by atoms with Crippen LogP contribution in [0.3, 0.4) is 0 Å². The summed E-state index contributed by atoms with van der Waals surface area (Å²) in [5.41, 5.74) is -1.36. The Morgan fingerprint density at radius 3 is 2.58 bits per heavy atom. The third kappa shape index (κ3) is 3.41. The Hall–Kier alpha value is -3.24. The van der Waals surface area contributed by atoms with Crippen molar-refractivity contribution in [2.24, 2.45) is 5.41 Å². The second-order valence-corrected chi connectivity index (χ2v) is 8.71. The Bertz CT molecular complexity index is 1230. The minimum atomic E-state index is -4.68. The lowest BCUT2D eigenvalue weighted by molar-refractivity contribution is -0.223. The fourth-order valence-electron chi connectivity index (χ4n) is 4.92. The number of amides is 1. The standard InChI is InChI=1S/C22H19F5N4O2/c1-2-33-14-6-17-30-16(20-9-21(10-20,11-20)19(23)24)8-31(17)7-13(14)29-18(32)12-4-3-5-15(28-12)22(25,26)27/h3-8,19H,2,9-11H2,1H3,(H,29,32). The summed E-state index contributed by atoms with van der Waals surface area (Å²) in [5.74, 6) is -0.552. The van der Waals surface area contributed by atoms with E-state index in [0.717, 1.165) is 12.1 Å². The van der Waals surface area contributed by atoms with Gasteiger partial charge in [0, 0.05) is 29.3 Å². The lowest BCUT2D eigenvalue weighted by Crippen LogP contribution is -2.67. The number of hydrogen-bond acceptors (Lipinski definition) is 4. The third-order valence-electron chi connectivity index (χ3n) is 6.45. The van der Waals surface area contributed by atoms with E-state index in [2.05, 4.69) is 15.3 Å². The van der Waals surface area contributed by atoms with Crippen LogP contribution in [0, 0.1) is 5.41 Å². The number of nitrogens with one attached hydrogen (secondary N) is 1. The minimum absolute atomic E-state index is 0.221. The van der Waals surface area contributed by atoms with E-state index in [1.165, 1.54) is 12.3 Å². The number of pyridine rings is 2. The molecule has 0 aliphatic heterocycles. The lowest BCUT2D eigenvalue weighted by atomic mass is 9.34. The van der Waals surface area contributed by atoms with Crippen LogP contribution in [0.5, 0.6) is 5.75 Å². The number of aromatic nitrogens is 3. The van der Waals surface area contributed by atoms with Crippen molar-refractivity contribution >= 4 is 17.2 Å². The minimum Gasteiger partial charge on any atom is -0.491 e. The van der Waals surface area contributed by atoms with Gasteiger partial charge in [0.1, 0.15) is 28.5 Å². The number of carbonyl (C=O) groups excluding carboxylic acids is 1. The SMILES string of the molecule is CCOc1cc2nc(C34CC(C(F)F)(C3)C4)cn2cc1NC(=O)c1cccc(C(F)(F)F)n1. The molecule has 0 spiro atoms. The molecular formula is C22H19F5N4O2. The highest BCUT2D eigenvalue weighted by Gasteiger charge is 2.73. The van der Waals surface area contributed by atoms with E-state index < -0.39 is 35.3 Å². The fourth-order valence-corrected chi connectivity index (χ4v) is 4.92. The van der Waals surface area contributed by atoms with Crippen molar-refractivity contribution in [2.45, 2.75) is 44.2 Å². The number of anilines is 1. The molecule has 174 valence electrons. The first-order valence-electron chi connectivity index (χ1n) is 10.4. The largest absolute Gasteiger partial charge is 0.491 e. The van der Waals surface area contributed by atoms with Crippen molar-refractivity contribution in [1.82, 2.24) is 14.4 Å². The summed E-state index contributed by atoms with van der Waals surface area (Å²) in [4.78, 5) is 20.6.